The van der Waals surface area contributed by atoms with Crippen LogP contribution in [-0.2, 0) is 26.2 Å². The van der Waals surface area contributed by atoms with Gasteiger partial charge in [-0.05, 0) is 62.7 Å². The molecule has 208 valence electrons. The summed E-state index contributed by atoms with van der Waals surface area (Å²) in [7, 11) is -1.31. The monoisotopic (exact) mass is 553 g/mol. The van der Waals surface area contributed by atoms with Crippen LogP contribution in [0, 0.1) is 6.92 Å². The number of carbonyl (C=O) groups is 2. The first-order chi connectivity index (χ1) is 18.6. The summed E-state index contributed by atoms with van der Waals surface area (Å²) in [6, 6.07) is 19.3. The molecule has 0 saturated carbocycles. The highest BCUT2D eigenvalue weighted by molar-refractivity contribution is 7.92. The number of likely N-dealkylation sites (N-methyl/N-ethyl adjacent to an activating group) is 1. The summed E-state index contributed by atoms with van der Waals surface area (Å²) in [5, 5.41) is 2.75. The van der Waals surface area contributed by atoms with Crippen molar-refractivity contribution >= 4 is 27.5 Å². The summed E-state index contributed by atoms with van der Waals surface area (Å²) in [6.07, 6.45) is 0. The summed E-state index contributed by atoms with van der Waals surface area (Å²) in [4.78, 5) is 28.1. The highest BCUT2D eigenvalue weighted by atomic mass is 32.2. The zero-order chi connectivity index (χ0) is 28.6. The minimum Gasteiger partial charge on any atom is -0.497 e. The number of carbonyl (C=O) groups excluding carboxylic acids is 2. The SMILES string of the molecule is CCNC(=O)[C@H](C)N(Cc1cccc(C)c1)C(=O)CN(c1ccccc1OC)S(=O)(=O)c1ccc(OC)cc1. The summed E-state index contributed by atoms with van der Waals surface area (Å²) < 4.78 is 39.5. The second-order valence-corrected chi connectivity index (χ2v) is 10.8. The van der Waals surface area contributed by atoms with Gasteiger partial charge in [0.1, 0.15) is 24.1 Å². The van der Waals surface area contributed by atoms with Gasteiger partial charge in [0, 0.05) is 13.1 Å². The molecule has 0 spiro atoms. The van der Waals surface area contributed by atoms with Crippen LogP contribution >= 0.6 is 0 Å². The van der Waals surface area contributed by atoms with Crippen molar-refractivity contribution in [2.24, 2.45) is 0 Å². The van der Waals surface area contributed by atoms with Crippen LogP contribution in [0.4, 0.5) is 5.69 Å². The molecule has 0 aliphatic carbocycles. The van der Waals surface area contributed by atoms with E-state index >= 15 is 0 Å². The van der Waals surface area contributed by atoms with E-state index in [1.807, 2.05) is 31.2 Å². The molecule has 10 heteroatoms. The molecular formula is C29H35N3O6S. The molecule has 0 bridgehead atoms. The molecule has 0 aliphatic rings. The normalized spacial score (nSPS) is 11.8. The minimum atomic E-state index is -4.23. The Labute approximate surface area is 230 Å². The standard InChI is InChI=1S/C29H35N3O6S/c1-6-30-29(34)22(3)31(19-23-11-9-10-21(2)18-23)28(33)20-32(26-12-7-8-13-27(26)38-5)39(35,36)25-16-14-24(37-4)15-17-25/h7-18,22H,6,19-20H2,1-5H3,(H,30,34)/t22-/m0/s1. The molecule has 0 heterocycles. The van der Waals surface area contributed by atoms with E-state index < -0.39 is 28.5 Å². The Kier molecular flexibility index (Phi) is 9.95. The zero-order valence-electron chi connectivity index (χ0n) is 22.9. The average Bonchev–Trinajstić information content (AvgIpc) is 2.94. The van der Waals surface area contributed by atoms with Crippen molar-refractivity contribution in [3.05, 3.63) is 83.9 Å². The molecule has 9 nitrogen and oxygen atoms in total. The number of amides is 2. The molecule has 0 aromatic heterocycles. The number of benzene rings is 3. The van der Waals surface area contributed by atoms with Gasteiger partial charge < -0.3 is 19.7 Å². The zero-order valence-corrected chi connectivity index (χ0v) is 23.7. The van der Waals surface area contributed by atoms with Crippen LogP contribution in [0.2, 0.25) is 0 Å². The van der Waals surface area contributed by atoms with E-state index in [0.717, 1.165) is 15.4 Å². The number of hydrogen-bond acceptors (Lipinski definition) is 6. The first-order valence-electron chi connectivity index (χ1n) is 12.5. The number of methoxy groups -OCH3 is 2. The van der Waals surface area contributed by atoms with Gasteiger partial charge in [-0.15, -0.1) is 0 Å². The predicted octanol–water partition coefficient (Wildman–Crippen LogP) is 3.76. The van der Waals surface area contributed by atoms with Crippen LogP contribution in [-0.4, -0.2) is 58.5 Å². The Morgan fingerprint density at radius 2 is 1.64 bits per heavy atom. The summed E-state index contributed by atoms with van der Waals surface area (Å²) in [5.41, 5.74) is 2.02. The van der Waals surface area contributed by atoms with Gasteiger partial charge >= 0.3 is 0 Å². The molecule has 0 aliphatic heterocycles. The van der Waals surface area contributed by atoms with Gasteiger partial charge in [0.15, 0.2) is 0 Å². The number of sulfonamides is 1. The smallest absolute Gasteiger partial charge is 0.264 e. The van der Waals surface area contributed by atoms with E-state index in [1.165, 1.54) is 43.4 Å². The number of hydrogen-bond donors (Lipinski definition) is 1. The summed E-state index contributed by atoms with van der Waals surface area (Å²) in [5.74, 6) is -0.100. The quantitative estimate of drug-likeness (QED) is 0.366. The average molecular weight is 554 g/mol. The first kappa shape index (κ1) is 29.5. The van der Waals surface area contributed by atoms with Crippen molar-refractivity contribution in [2.75, 3.05) is 31.6 Å². The molecule has 0 saturated heterocycles. The molecule has 2 amide bonds. The summed E-state index contributed by atoms with van der Waals surface area (Å²) >= 11 is 0. The van der Waals surface area contributed by atoms with Crippen molar-refractivity contribution in [3.8, 4) is 11.5 Å². The lowest BCUT2D eigenvalue weighted by Gasteiger charge is -2.32. The van der Waals surface area contributed by atoms with E-state index in [9.17, 15) is 18.0 Å². The van der Waals surface area contributed by atoms with Gasteiger partial charge in [0.25, 0.3) is 10.0 Å². The topological polar surface area (TPSA) is 105 Å². The molecular weight excluding hydrogens is 518 g/mol. The van der Waals surface area contributed by atoms with Crippen molar-refractivity contribution in [1.82, 2.24) is 10.2 Å². The van der Waals surface area contributed by atoms with Gasteiger partial charge in [0.05, 0.1) is 24.8 Å². The Morgan fingerprint density at radius 3 is 2.26 bits per heavy atom. The van der Waals surface area contributed by atoms with Crippen molar-refractivity contribution < 1.29 is 27.5 Å². The number of aryl methyl sites for hydroxylation is 1. The van der Waals surface area contributed by atoms with Crippen molar-refractivity contribution in [3.63, 3.8) is 0 Å². The molecule has 3 aromatic carbocycles. The number of nitrogens with zero attached hydrogens (tertiary/aromatic N) is 2. The van der Waals surface area contributed by atoms with Crippen molar-refractivity contribution in [1.29, 1.82) is 0 Å². The maximum Gasteiger partial charge on any atom is 0.264 e. The number of para-hydroxylation sites is 2. The van der Waals surface area contributed by atoms with E-state index in [-0.39, 0.29) is 28.8 Å². The molecule has 0 radical (unpaired) electrons. The van der Waals surface area contributed by atoms with Crippen LogP contribution in [0.15, 0.2) is 77.7 Å². The van der Waals surface area contributed by atoms with Crippen molar-refractivity contribution in [2.45, 2.75) is 38.3 Å². The maximum absolute atomic E-state index is 13.9. The second kappa shape index (κ2) is 13.1. The summed E-state index contributed by atoms with van der Waals surface area (Å²) in [6.45, 7) is 5.33. The molecule has 0 fully saturated rings. The number of nitrogens with one attached hydrogen (secondary N) is 1. The lowest BCUT2D eigenvalue weighted by molar-refractivity contribution is -0.139. The third-order valence-electron chi connectivity index (χ3n) is 6.23. The van der Waals surface area contributed by atoms with E-state index in [0.29, 0.717) is 12.3 Å². The Balaban J connectivity index is 2.07. The molecule has 3 rings (SSSR count). The Morgan fingerprint density at radius 1 is 0.949 bits per heavy atom. The van der Waals surface area contributed by atoms with E-state index in [1.54, 1.807) is 38.1 Å². The third-order valence-corrected chi connectivity index (χ3v) is 8.01. The lowest BCUT2D eigenvalue weighted by atomic mass is 10.1. The lowest BCUT2D eigenvalue weighted by Crippen LogP contribution is -2.51. The second-order valence-electron chi connectivity index (χ2n) is 8.94. The molecule has 0 unspecified atom stereocenters. The molecule has 1 N–H and O–H groups in total. The van der Waals surface area contributed by atoms with E-state index in [4.69, 9.17) is 9.47 Å². The molecule has 1 atom stereocenters. The molecule has 39 heavy (non-hydrogen) atoms. The number of ether oxygens (including phenoxy) is 2. The van der Waals surface area contributed by atoms with Gasteiger partial charge in [0.2, 0.25) is 11.8 Å². The van der Waals surface area contributed by atoms with Crippen LogP contribution in [0.3, 0.4) is 0 Å². The van der Waals surface area contributed by atoms with Crippen LogP contribution in [0.25, 0.3) is 0 Å². The van der Waals surface area contributed by atoms with Gasteiger partial charge in [-0.1, -0.05) is 42.0 Å². The van der Waals surface area contributed by atoms with Gasteiger partial charge in [-0.2, -0.15) is 0 Å². The number of anilines is 1. The fourth-order valence-electron chi connectivity index (χ4n) is 4.14. The largest absolute Gasteiger partial charge is 0.497 e. The molecule has 3 aromatic rings. The van der Waals surface area contributed by atoms with Gasteiger partial charge in [-0.3, -0.25) is 13.9 Å². The fraction of sp³-hybridized carbons (Fsp3) is 0.310. The highest BCUT2D eigenvalue weighted by Crippen LogP contribution is 2.33. The highest BCUT2D eigenvalue weighted by Gasteiger charge is 2.33. The van der Waals surface area contributed by atoms with Gasteiger partial charge in [-0.25, -0.2) is 8.42 Å². The van der Waals surface area contributed by atoms with E-state index in [2.05, 4.69) is 5.32 Å². The fourth-order valence-corrected chi connectivity index (χ4v) is 5.56. The Bertz CT molecular complexity index is 1390. The minimum absolute atomic E-state index is 0.0241. The number of rotatable bonds is 12. The maximum atomic E-state index is 13.9. The van der Waals surface area contributed by atoms with Crippen LogP contribution < -0.4 is 19.1 Å². The predicted molar refractivity (Wildman–Crippen MR) is 150 cm³/mol. The third kappa shape index (κ3) is 7.08. The van der Waals surface area contributed by atoms with Crippen LogP contribution in [0.1, 0.15) is 25.0 Å². The first-order valence-corrected chi connectivity index (χ1v) is 14.0. The van der Waals surface area contributed by atoms with Crippen LogP contribution in [0.5, 0.6) is 11.5 Å². The Hall–Kier alpha value is -4.05.